The second-order valence-electron chi connectivity index (χ2n) is 6.20. The van der Waals surface area contributed by atoms with Gasteiger partial charge in [-0.15, -0.1) is 0 Å². The molecule has 2 heterocycles. The van der Waals surface area contributed by atoms with Crippen molar-refractivity contribution < 1.29 is 13.6 Å². The summed E-state index contributed by atoms with van der Waals surface area (Å²) in [6.07, 6.45) is 1.76. The largest absolute Gasteiger partial charge is 0.310 e. The van der Waals surface area contributed by atoms with Gasteiger partial charge in [-0.2, -0.15) is 5.10 Å². The van der Waals surface area contributed by atoms with E-state index in [1.165, 1.54) is 12.1 Å². The number of fused-ring (bicyclic) bond motifs is 1. The van der Waals surface area contributed by atoms with Crippen LogP contribution >= 0.6 is 0 Å². The van der Waals surface area contributed by atoms with Crippen molar-refractivity contribution in [1.29, 1.82) is 0 Å². The zero-order valence-corrected chi connectivity index (χ0v) is 13.5. The fraction of sp³-hybridized carbons (Fsp3) is 0.158. The first kappa shape index (κ1) is 15.5. The maximum Gasteiger partial charge on any atom is 0.226 e. The first-order valence-corrected chi connectivity index (χ1v) is 7.92. The zero-order chi connectivity index (χ0) is 17.6. The zero-order valence-electron chi connectivity index (χ0n) is 13.5. The van der Waals surface area contributed by atoms with Gasteiger partial charge in [0.2, 0.25) is 5.91 Å². The van der Waals surface area contributed by atoms with Gasteiger partial charge in [0.05, 0.1) is 11.9 Å². The van der Waals surface area contributed by atoms with Gasteiger partial charge in [0.1, 0.15) is 17.5 Å². The summed E-state index contributed by atoms with van der Waals surface area (Å²) in [6, 6.07) is 11.1. The predicted molar refractivity (Wildman–Crippen MR) is 89.7 cm³/mol. The van der Waals surface area contributed by atoms with Crippen molar-refractivity contribution in [3.05, 3.63) is 77.0 Å². The number of carbonyl (C=O) groups excluding carboxylic acids is 1. The topological polar surface area (TPSA) is 46.9 Å². The van der Waals surface area contributed by atoms with Crippen LogP contribution in [-0.4, -0.2) is 15.7 Å². The van der Waals surface area contributed by atoms with Crippen molar-refractivity contribution in [3.8, 4) is 5.69 Å². The lowest BCUT2D eigenvalue weighted by atomic mass is 9.87. The molecule has 0 fully saturated rings. The number of benzene rings is 2. The van der Waals surface area contributed by atoms with Crippen molar-refractivity contribution in [2.75, 3.05) is 5.32 Å². The number of aromatic nitrogens is 2. The van der Waals surface area contributed by atoms with E-state index in [2.05, 4.69) is 10.4 Å². The van der Waals surface area contributed by atoms with Crippen molar-refractivity contribution >= 4 is 11.7 Å². The van der Waals surface area contributed by atoms with E-state index in [1.54, 1.807) is 10.9 Å². The standard InChI is InChI=1S/C19H15F2N3O/c1-11-2-4-15(5-3-11)24-19-17(10-22-24)16(9-18(25)23-19)12-6-13(20)8-14(21)7-12/h2-8,10,16H,9H2,1H3,(H,23,25)/t16-/m0/s1. The van der Waals surface area contributed by atoms with E-state index in [1.807, 2.05) is 31.2 Å². The van der Waals surface area contributed by atoms with Crippen molar-refractivity contribution in [3.63, 3.8) is 0 Å². The first-order valence-electron chi connectivity index (χ1n) is 7.92. The van der Waals surface area contributed by atoms with Gasteiger partial charge in [-0.25, -0.2) is 13.5 Å². The molecular weight excluding hydrogens is 324 g/mol. The third kappa shape index (κ3) is 2.80. The molecule has 0 saturated carbocycles. The van der Waals surface area contributed by atoms with Gasteiger partial charge in [-0.1, -0.05) is 17.7 Å². The number of carbonyl (C=O) groups is 1. The highest BCUT2D eigenvalue weighted by Crippen LogP contribution is 2.38. The van der Waals surface area contributed by atoms with Crippen LogP contribution in [0.2, 0.25) is 0 Å². The fourth-order valence-corrected chi connectivity index (χ4v) is 3.18. The summed E-state index contributed by atoms with van der Waals surface area (Å²) < 4.78 is 28.8. The third-order valence-electron chi connectivity index (χ3n) is 4.39. The lowest BCUT2D eigenvalue weighted by Gasteiger charge is -2.24. The summed E-state index contributed by atoms with van der Waals surface area (Å²) >= 11 is 0. The van der Waals surface area contributed by atoms with E-state index < -0.39 is 17.6 Å². The molecule has 4 nitrogen and oxygen atoms in total. The maximum atomic E-state index is 13.6. The second-order valence-corrected chi connectivity index (χ2v) is 6.20. The predicted octanol–water partition coefficient (Wildman–Crippen LogP) is 3.93. The Labute approximate surface area is 143 Å². The molecule has 6 heteroatoms. The van der Waals surface area contributed by atoms with Crippen LogP contribution in [0.1, 0.15) is 29.0 Å². The van der Waals surface area contributed by atoms with Gasteiger partial charge in [-0.05, 0) is 36.8 Å². The minimum absolute atomic E-state index is 0.121. The molecule has 1 atom stereocenters. The highest BCUT2D eigenvalue weighted by Gasteiger charge is 2.30. The summed E-state index contributed by atoms with van der Waals surface area (Å²) in [7, 11) is 0. The number of amides is 1. The molecule has 1 aliphatic rings. The Morgan fingerprint density at radius 1 is 1.12 bits per heavy atom. The Kier molecular flexibility index (Phi) is 3.60. The summed E-state index contributed by atoms with van der Waals surface area (Å²) in [4.78, 5) is 12.2. The number of hydrogen-bond acceptors (Lipinski definition) is 2. The molecule has 1 N–H and O–H groups in total. The molecule has 126 valence electrons. The van der Waals surface area contributed by atoms with Gasteiger partial charge in [0, 0.05) is 24.0 Å². The van der Waals surface area contributed by atoms with E-state index >= 15 is 0 Å². The molecule has 1 aliphatic heterocycles. The lowest BCUT2D eigenvalue weighted by molar-refractivity contribution is -0.116. The minimum Gasteiger partial charge on any atom is -0.310 e. The normalized spacial score (nSPS) is 16.4. The number of nitrogens with zero attached hydrogens (tertiary/aromatic N) is 2. The van der Waals surface area contributed by atoms with Gasteiger partial charge >= 0.3 is 0 Å². The van der Waals surface area contributed by atoms with Crippen LogP contribution < -0.4 is 5.32 Å². The van der Waals surface area contributed by atoms with Crippen LogP contribution in [0.25, 0.3) is 5.69 Å². The molecule has 0 bridgehead atoms. The van der Waals surface area contributed by atoms with E-state index in [9.17, 15) is 13.6 Å². The molecule has 0 saturated heterocycles. The number of aryl methyl sites for hydroxylation is 1. The number of halogens is 2. The van der Waals surface area contributed by atoms with Crippen LogP contribution in [0.4, 0.5) is 14.6 Å². The number of rotatable bonds is 2. The molecule has 0 spiro atoms. The molecule has 0 aliphatic carbocycles. The van der Waals surface area contributed by atoms with Crippen molar-refractivity contribution in [2.45, 2.75) is 19.3 Å². The summed E-state index contributed by atoms with van der Waals surface area (Å²) in [6.45, 7) is 1.98. The Bertz CT molecular complexity index is 943. The fourth-order valence-electron chi connectivity index (χ4n) is 3.18. The van der Waals surface area contributed by atoms with Crippen LogP contribution in [0.3, 0.4) is 0 Å². The first-order chi connectivity index (χ1) is 12.0. The minimum atomic E-state index is -0.659. The molecule has 3 aromatic rings. The van der Waals surface area contributed by atoms with Crippen molar-refractivity contribution in [1.82, 2.24) is 9.78 Å². The van der Waals surface area contributed by atoms with E-state index in [-0.39, 0.29) is 12.3 Å². The monoisotopic (exact) mass is 339 g/mol. The highest BCUT2D eigenvalue weighted by atomic mass is 19.1. The van der Waals surface area contributed by atoms with E-state index in [0.717, 1.165) is 22.9 Å². The molecule has 4 rings (SSSR count). The van der Waals surface area contributed by atoms with Gasteiger partial charge < -0.3 is 5.32 Å². The Balaban J connectivity index is 1.82. The molecule has 1 amide bonds. The van der Waals surface area contributed by atoms with Crippen molar-refractivity contribution in [2.24, 2.45) is 0 Å². The molecule has 25 heavy (non-hydrogen) atoms. The van der Waals surface area contributed by atoms with Crippen LogP contribution in [-0.2, 0) is 4.79 Å². The summed E-state index contributed by atoms with van der Waals surface area (Å²) in [5.41, 5.74) is 3.09. The molecule has 2 aromatic carbocycles. The van der Waals surface area contributed by atoms with Crippen LogP contribution in [0.5, 0.6) is 0 Å². The van der Waals surface area contributed by atoms with Crippen LogP contribution in [0, 0.1) is 18.6 Å². The lowest BCUT2D eigenvalue weighted by Crippen LogP contribution is -2.24. The van der Waals surface area contributed by atoms with Gasteiger partial charge in [0.15, 0.2) is 0 Å². The van der Waals surface area contributed by atoms with E-state index in [0.29, 0.717) is 11.4 Å². The number of hydrogen-bond donors (Lipinski definition) is 1. The molecule has 0 unspecified atom stereocenters. The van der Waals surface area contributed by atoms with Crippen LogP contribution in [0.15, 0.2) is 48.7 Å². The molecule has 1 aromatic heterocycles. The van der Waals surface area contributed by atoms with Gasteiger partial charge in [0.25, 0.3) is 0 Å². The van der Waals surface area contributed by atoms with E-state index in [4.69, 9.17) is 0 Å². The average molecular weight is 339 g/mol. The highest BCUT2D eigenvalue weighted by molar-refractivity contribution is 5.94. The number of anilines is 1. The summed E-state index contributed by atoms with van der Waals surface area (Å²) in [5, 5.41) is 7.19. The SMILES string of the molecule is Cc1ccc(-n2ncc3c2NC(=O)C[C@H]3c2cc(F)cc(F)c2)cc1. The molecular formula is C19H15F2N3O. The van der Waals surface area contributed by atoms with Gasteiger partial charge in [-0.3, -0.25) is 4.79 Å². The quantitative estimate of drug-likeness (QED) is 0.769. The summed E-state index contributed by atoms with van der Waals surface area (Å²) in [5.74, 6) is -1.43. The smallest absolute Gasteiger partial charge is 0.226 e. The Morgan fingerprint density at radius 3 is 2.48 bits per heavy atom. The Hall–Kier alpha value is -3.02. The average Bonchev–Trinajstić information content (AvgIpc) is 2.97. The second kappa shape index (κ2) is 5.81. The molecule has 0 radical (unpaired) electrons. The third-order valence-corrected chi connectivity index (χ3v) is 4.39. The Morgan fingerprint density at radius 2 is 1.80 bits per heavy atom. The number of nitrogens with one attached hydrogen (secondary N) is 1. The maximum absolute atomic E-state index is 13.6.